The quantitative estimate of drug-likeness (QED) is 0.383. The fourth-order valence-electron chi connectivity index (χ4n) is 5.79. The van der Waals surface area contributed by atoms with Crippen LogP contribution in [0.4, 0.5) is 11.6 Å². The van der Waals surface area contributed by atoms with Crippen molar-refractivity contribution in [3.05, 3.63) is 48.2 Å². The van der Waals surface area contributed by atoms with Crippen molar-refractivity contribution in [3.8, 4) is 11.7 Å². The summed E-state index contributed by atoms with van der Waals surface area (Å²) >= 11 is 0. The zero-order valence-electron chi connectivity index (χ0n) is 26.0. The number of hydrogen-bond donors (Lipinski definition) is 1. The van der Waals surface area contributed by atoms with Crippen LogP contribution in [0.2, 0.25) is 0 Å². The lowest BCUT2D eigenvalue weighted by atomic mass is 9.97. The fourth-order valence-corrected chi connectivity index (χ4v) is 6.72. The molecule has 0 spiro atoms. The molecule has 1 N–H and O–H groups in total. The minimum absolute atomic E-state index is 0.0209. The van der Waals surface area contributed by atoms with Crippen LogP contribution in [-0.2, 0) is 10.0 Å². The van der Waals surface area contributed by atoms with E-state index in [2.05, 4.69) is 66.1 Å². The van der Waals surface area contributed by atoms with Gasteiger partial charge in [-0.25, -0.2) is 19.4 Å². The summed E-state index contributed by atoms with van der Waals surface area (Å²) in [7, 11) is -4.24. The molecule has 5 heterocycles. The Balaban J connectivity index is 1.45. The lowest BCUT2D eigenvalue weighted by Gasteiger charge is -2.34. The van der Waals surface area contributed by atoms with Gasteiger partial charge in [-0.05, 0) is 75.1 Å². The number of hydrogen-bond acceptors (Lipinski definition) is 9. The smallest absolute Gasteiger partial charge is 0.281 e. The van der Waals surface area contributed by atoms with Gasteiger partial charge < -0.3 is 14.5 Å². The van der Waals surface area contributed by atoms with Crippen LogP contribution in [0, 0.1) is 11.3 Å². The molecule has 3 aromatic heterocycles. The van der Waals surface area contributed by atoms with Crippen LogP contribution in [-0.4, -0.2) is 65.9 Å². The largest absolute Gasteiger partial charge is 0.476 e. The second-order valence-electron chi connectivity index (χ2n) is 13.5. The van der Waals surface area contributed by atoms with Gasteiger partial charge in [0.25, 0.3) is 15.9 Å². The molecule has 0 radical (unpaired) electrons. The van der Waals surface area contributed by atoms with Crippen molar-refractivity contribution in [2.45, 2.75) is 77.8 Å². The van der Waals surface area contributed by atoms with Crippen LogP contribution in [0.3, 0.4) is 0 Å². The van der Waals surface area contributed by atoms with Crippen LogP contribution >= 0.6 is 0 Å². The molecular formula is C31H43N7O4S. The van der Waals surface area contributed by atoms with Gasteiger partial charge in [-0.1, -0.05) is 33.8 Å². The first-order valence-corrected chi connectivity index (χ1v) is 16.5. The Bertz CT molecular complexity index is 1570. The maximum atomic E-state index is 13.7. The molecule has 1 amide bonds. The van der Waals surface area contributed by atoms with Crippen LogP contribution < -0.4 is 19.3 Å². The fraction of sp³-hybridized carbons (Fsp3) is 0.548. The summed E-state index contributed by atoms with van der Waals surface area (Å²) in [6, 6.07) is 9.92. The Morgan fingerprint density at radius 1 is 1.05 bits per heavy atom. The number of piperidine rings is 1. The zero-order valence-corrected chi connectivity index (χ0v) is 26.8. The molecule has 2 aliphatic heterocycles. The van der Waals surface area contributed by atoms with Gasteiger partial charge >= 0.3 is 0 Å². The van der Waals surface area contributed by atoms with Crippen molar-refractivity contribution < 1.29 is 17.9 Å². The maximum Gasteiger partial charge on any atom is 0.281 e. The third-order valence-electron chi connectivity index (χ3n) is 7.78. The van der Waals surface area contributed by atoms with Gasteiger partial charge in [0.1, 0.15) is 11.6 Å². The van der Waals surface area contributed by atoms with Crippen molar-refractivity contribution in [2.75, 3.05) is 36.0 Å². The molecule has 1 atom stereocenters. The number of nitrogens with zero attached hydrogens (tertiary/aromatic N) is 6. The Hall–Kier alpha value is -3.67. The molecule has 0 bridgehead atoms. The maximum absolute atomic E-state index is 13.7. The molecule has 0 saturated carbocycles. The highest BCUT2D eigenvalue weighted by Crippen LogP contribution is 2.38. The lowest BCUT2D eigenvalue weighted by Crippen LogP contribution is -2.41. The Morgan fingerprint density at radius 3 is 2.47 bits per heavy atom. The van der Waals surface area contributed by atoms with E-state index in [0.717, 1.165) is 38.8 Å². The number of sulfonamides is 1. The summed E-state index contributed by atoms with van der Waals surface area (Å²) in [4.78, 5) is 27.1. The van der Waals surface area contributed by atoms with Crippen molar-refractivity contribution >= 4 is 27.6 Å². The summed E-state index contributed by atoms with van der Waals surface area (Å²) in [5.41, 5.74) is -0.153. The van der Waals surface area contributed by atoms with Crippen molar-refractivity contribution in [1.29, 1.82) is 0 Å². The molecule has 2 saturated heterocycles. The standard InChI is InChI=1S/C31H43N7O4S/c1-22-19-31(5,6)37(20-22)28-23(13-14-25(33-28)38-18-15-26(34-38)42-21-30(2,3)4)29(39)35-43(40,41)27-12-10-11-24(32-27)36-16-8-7-9-17-36/h10-15,18,22H,7-9,16-17,19-21H2,1-6H3,(H,35,39)/t22-/m0/s1. The average Bonchev–Trinajstić information content (AvgIpc) is 3.54. The molecule has 232 valence electrons. The van der Waals surface area contributed by atoms with E-state index in [0.29, 0.717) is 42.4 Å². The predicted molar refractivity (Wildman–Crippen MR) is 166 cm³/mol. The van der Waals surface area contributed by atoms with Gasteiger partial charge in [0, 0.05) is 37.4 Å². The molecule has 2 aliphatic rings. The molecule has 2 fully saturated rings. The SMILES string of the molecule is C[C@@H]1CN(c2nc(-n3ccc(OCC(C)(C)C)n3)ccc2C(=O)NS(=O)(=O)c2cccc(N3CCCCC3)n2)C(C)(C)C1. The van der Waals surface area contributed by atoms with Crippen molar-refractivity contribution in [1.82, 2.24) is 24.5 Å². The predicted octanol–water partition coefficient (Wildman–Crippen LogP) is 4.82. The van der Waals surface area contributed by atoms with Gasteiger partial charge in [-0.15, -0.1) is 5.10 Å². The summed E-state index contributed by atoms with van der Waals surface area (Å²) in [5, 5.41) is 4.34. The van der Waals surface area contributed by atoms with E-state index in [4.69, 9.17) is 9.72 Å². The van der Waals surface area contributed by atoms with Gasteiger partial charge in [-0.3, -0.25) is 4.79 Å². The number of anilines is 2. The molecule has 0 aromatic carbocycles. The lowest BCUT2D eigenvalue weighted by molar-refractivity contribution is 0.0981. The second-order valence-corrected chi connectivity index (χ2v) is 15.2. The Morgan fingerprint density at radius 2 is 1.79 bits per heavy atom. The number of nitrogens with one attached hydrogen (secondary N) is 1. The third kappa shape index (κ3) is 7.11. The number of rotatable bonds is 8. The topological polar surface area (TPSA) is 123 Å². The summed E-state index contributed by atoms with van der Waals surface area (Å²) < 4.78 is 36.5. The number of aromatic nitrogens is 4. The first-order valence-electron chi connectivity index (χ1n) is 15.0. The Labute approximate surface area is 254 Å². The summed E-state index contributed by atoms with van der Waals surface area (Å²) in [5.74, 6) is 1.57. The number of amides is 1. The number of carbonyl (C=O) groups is 1. The first kappa shape index (κ1) is 30.8. The molecule has 11 nitrogen and oxygen atoms in total. The number of carbonyl (C=O) groups excluding carboxylic acids is 1. The van der Waals surface area contributed by atoms with Gasteiger partial charge in [-0.2, -0.15) is 8.42 Å². The molecule has 5 rings (SSSR count). The van der Waals surface area contributed by atoms with E-state index >= 15 is 0 Å². The highest BCUT2D eigenvalue weighted by Gasteiger charge is 2.39. The van der Waals surface area contributed by atoms with Crippen LogP contribution in [0.15, 0.2) is 47.6 Å². The first-order chi connectivity index (χ1) is 20.2. The average molecular weight is 610 g/mol. The number of ether oxygens (including phenoxy) is 1. The van der Waals surface area contributed by atoms with Crippen molar-refractivity contribution in [2.24, 2.45) is 11.3 Å². The molecule has 0 aliphatic carbocycles. The minimum atomic E-state index is -4.24. The molecule has 43 heavy (non-hydrogen) atoms. The normalized spacial score (nSPS) is 19.0. The van der Waals surface area contributed by atoms with Gasteiger partial charge in [0.05, 0.1) is 12.2 Å². The summed E-state index contributed by atoms with van der Waals surface area (Å²) in [6.45, 7) is 15.5. The monoisotopic (exact) mass is 609 g/mol. The van der Waals surface area contributed by atoms with Crippen molar-refractivity contribution in [3.63, 3.8) is 0 Å². The summed E-state index contributed by atoms with van der Waals surface area (Å²) in [6.07, 6.45) is 5.89. The van der Waals surface area contributed by atoms with Crippen LogP contribution in [0.25, 0.3) is 5.82 Å². The van der Waals surface area contributed by atoms with E-state index in [1.54, 1.807) is 41.2 Å². The molecular weight excluding hydrogens is 566 g/mol. The second kappa shape index (κ2) is 11.8. The van der Waals surface area contributed by atoms with Gasteiger partial charge in [0.2, 0.25) is 5.88 Å². The highest BCUT2D eigenvalue weighted by atomic mass is 32.2. The van der Waals surface area contributed by atoms with Crippen LogP contribution in [0.5, 0.6) is 5.88 Å². The highest BCUT2D eigenvalue weighted by molar-refractivity contribution is 7.90. The third-order valence-corrected chi connectivity index (χ3v) is 9.01. The Kier molecular flexibility index (Phi) is 8.43. The van der Waals surface area contributed by atoms with E-state index in [1.807, 2.05) is 0 Å². The van der Waals surface area contributed by atoms with E-state index in [9.17, 15) is 13.2 Å². The van der Waals surface area contributed by atoms with E-state index in [-0.39, 0.29) is 21.5 Å². The van der Waals surface area contributed by atoms with E-state index < -0.39 is 15.9 Å². The van der Waals surface area contributed by atoms with Gasteiger partial charge in [0.15, 0.2) is 10.8 Å². The molecule has 12 heteroatoms. The molecule has 0 unspecified atom stereocenters. The van der Waals surface area contributed by atoms with E-state index in [1.165, 1.54) is 6.07 Å². The molecule has 3 aromatic rings. The van der Waals surface area contributed by atoms with Crippen LogP contribution in [0.1, 0.15) is 77.6 Å². The minimum Gasteiger partial charge on any atom is -0.476 e. The zero-order chi connectivity index (χ0) is 31.0. The number of pyridine rings is 2.